The topological polar surface area (TPSA) is 66.6 Å². The Hall–Kier alpha value is -1.38. The van der Waals surface area contributed by atoms with E-state index in [9.17, 15) is 0 Å². The molecule has 0 radical (unpaired) electrons. The molecule has 0 atom stereocenters. The minimum absolute atomic E-state index is 0. The number of hydrogen-bond acceptors (Lipinski definition) is 3. The van der Waals surface area contributed by atoms with Gasteiger partial charge in [-0.1, -0.05) is 18.9 Å². The lowest BCUT2D eigenvalue weighted by Gasteiger charge is -2.16. The average molecular weight is 428 g/mol. The van der Waals surface area contributed by atoms with E-state index in [1.165, 1.54) is 25.7 Å². The molecule has 2 heterocycles. The quantitative estimate of drug-likeness (QED) is 0.436. The Bertz CT molecular complexity index is 632. The van der Waals surface area contributed by atoms with Crippen molar-refractivity contribution >= 4 is 35.6 Å². The van der Waals surface area contributed by atoms with Gasteiger partial charge in [0.2, 0.25) is 0 Å². The maximum absolute atomic E-state index is 4.67. The van der Waals surface area contributed by atoms with E-state index in [-0.39, 0.29) is 24.0 Å². The number of aliphatic imine (C=N–C) groups is 1. The van der Waals surface area contributed by atoms with Crippen molar-refractivity contribution in [1.29, 1.82) is 0 Å². The Morgan fingerprint density at radius 1 is 1.30 bits per heavy atom. The normalized spacial score (nSPS) is 15.6. The van der Waals surface area contributed by atoms with Crippen molar-refractivity contribution < 1.29 is 0 Å². The highest BCUT2D eigenvalue weighted by atomic mass is 127. The Morgan fingerprint density at radius 3 is 2.91 bits per heavy atom. The lowest BCUT2D eigenvalue weighted by Crippen LogP contribution is -2.42. The van der Waals surface area contributed by atoms with Crippen molar-refractivity contribution in [3.63, 3.8) is 0 Å². The van der Waals surface area contributed by atoms with Gasteiger partial charge in [0.05, 0.1) is 0 Å². The summed E-state index contributed by atoms with van der Waals surface area (Å²) in [5.74, 6) is 1.87. The third-order valence-corrected chi connectivity index (χ3v) is 4.03. The fourth-order valence-corrected chi connectivity index (χ4v) is 2.91. The van der Waals surface area contributed by atoms with Crippen LogP contribution < -0.4 is 10.6 Å². The van der Waals surface area contributed by atoms with Crippen LogP contribution in [-0.2, 0) is 6.42 Å². The van der Waals surface area contributed by atoms with Gasteiger partial charge in [-0.05, 0) is 31.9 Å². The van der Waals surface area contributed by atoms with E-state index >= 15 is 0 Å². The molecule has 2 N–H and O–H groups in total. The zero-order valence-electron chi connectivity index (χ0n) is 13.5. The molecule has 2 aromatic heterocycles. The van der Waals surface area contributed by atoms with Gasteiger partial charge in [-0.2, -0.15) is 0 Å². The molecule has 2 aromatic rings. The first-order valence-corrected chi connectivity index (χ1v) is 8.20. The summed E-state index contributed by atoms with van der Waals surface area (Å²) in [6.45, 7) is 3.68. The first kappa shape index (κ1) is 18.0. The fourth-order valence-electron chi connectivity index (χ4n) is 2.91. The van der Waals surface area contributed by atoms with E-state index in [0.717, 1.165) is 30.4 Å². The molecular weight excluding hydrogens is 403 g/mol. The molecule has 1 saturated carbocycles. The summed E-state index contributed by atoms with van der Waals surface area (Å²) in [5.41, 5.74) is 0.887. The van der Waals surface area contributed by atoms with Gasteiger partial charge >= 0.3 is 0 Å². The van der Waals surface area contributed by atoms with Crippen LogP contribution in [0, 0.1) is 0 Å². The van der Waals surface area contributed by atoms with Crippen molar-refractivity contribution in [3.05, 3.63) is 30.2 Å². The predicted molar refractivity (Wildman–Crippen MR) is 103 cm³/mol. The third-order valence-electron chi connectivity index (χ3n) is 4.03. The van der Waals surface area contributed by atoms with Gasteiger partial charge in [-0.3, -0.25) is 9.39 Å². The van der Waals surface area contributed by atoms with E-state index in [1.54, 1.807) is 0 Å². The number of hydrogen-bond donors (Lipinski definition) is 2. The second kappa shape index (κ2) is 9.05. The number of halogens is 1. The summed E-state index contributed by atoms with van der Waals surface area (Å²) in [7, 11) is 0. The number of aromatic nitrogens is 3. The zero-order valence-corrected chi connectivity index (χ0v) is 15.9. The molecule has 0 aromatic carbocycles. The van der Waals surface area contributed by atoms with Gasteiger partial charge in [0.1, 0.15) is 5.82 Å². The number of fused-ring (bicyclic) bond motifs is 1. The van der Waals surface area contributed by atoms with Crippen molar-refractivity contribution in [2.45, 2.75) is 45.1 Å². The maximum atomic E-state index is 4.67. The van der Waals surface area contributed by atoms with Gasteiger partial charge in [0, 0.05) is 31.7 Å². The van der Waals surface area contributed by atoms with E-state index in [4.69, 9.17) is 0 Å². The number of guanidine groups is 1. The summed E-state index contributed by atoms with van der Waals surface area (Å²) in [6, 6.07) is 6.51. The average Bonchev–Trinajstić information content (AvgIpc) is 3.18. The standard InChI is InChI=1S/C16H24N6.HI/c1-2-17-16(19-13-7-3-4-8-13)18-11-10-15-21-20-14-9-5-6-12-22(14)15;/h5-6,9,12-13H,2-4,7-8,10-11H2,1H3,(H2,17,18,19);1H. The summed E-state index contributed by atoms with van der Waals surface area (Å²) >= 11 is 0. The number of nitrogens with zero attached hydrogens (tertiary/aromatic N) is 4. The van der Waals surface area contributed by atoms with Crippen LogP contribution in [0.1, 0.15) is 38.4 Å². The van der Waals surface area contributed by atoms with Crippen LogP contribution in [0.4, 0.5) is 0 Å². The highest BCUT2D eigenvalue weighted by Gasteiger charge is 2.15. The van der Waals surface area contributed by atoms with Crippen LogP contribution in [0.2, 0.25) is 0 Å². The molecule has 0 unspecified atom stereocenters. The minimum Gasteiger partial charge on any atom is -0.357 e. The molecule has 0 saturated heterocycles. The molecule has 23 heavy (non-hydrogen) atoms. The molecular formula is C16H25IN6. The molecule has 0 bridgehead atoms. The smallest absolute Gasteiger partial charge is 0.191 e. The first-order chi connectivity index (χ1) is 10.9. The maximum Gasteiger partial charge on any atom is 0.191 e. The van der Waals surface area contributed by atoms with Crippen LogP contribution in [0.15, 0.2) is 29.4 Å². The van der Waals surface area contributed by atoms with Crippen LogP contribution >= 0.6 is 24.0 Å². The largest absolute Gasteiger partial charge is 0.357 e. The number of rotatable bonds is 5. The highest BCUT2D eigenvalue weighted by molar-refractivity contribution is 14.0. The Labute approximate surface area is 154 Å². The fraction of sp³-hybridized carbons (Fsp3) is 0.562. The molecule has 6 nitrogen and oxygen atoms in total. The lowest BCUT2D eigenvalue weighted by molar-refractivity contribution is 0.613. The van der Waals surface area contributed by atoms with E-state index in [0.29, 0.717) is 12.6 Å². The number of nitrogens with one attached hydrogen (secondary N) is 2. The van der Waals surface area contributed by atoms with E-state index < -0.39 is 0 Å². The Balaban J connectivity index is 0.00000192. The summed E-state index contributed by atoms with van der Waals surface area (Å²) in [4.78, 5) is 4.67. The SMILES string of the molecule is CCNC(=NCCc1nnc2ccccn12)NC1CCCC1.I. The van der Waals surface area contributed by atoms with E-state index in [2.05, 4.69) is 32.7 Å². The van der Waals surface area contributed by atoms with Gasteiger partial charge in [0.25, 0.3) is 0 Å². The molecule has 0 amide bonds. The zero-order chi connectivity index (χ0) is 15.2. The van der Waals surface area contributed by atoms with Crippen molar-refractivity contribution in [1.82, 2.24) is 25.2 Å². The van der Waals surface area contributed by atoms with Crippen LogP contribution in [0.3, 0.4) is 0 Å². The van der Waals surface area contributed by atoms with Crippen LogP contribution in [-0.4, -0.2) is 39.7 Å². The third kappa shape index (κ3) is 4.79. The molecule has 3 rings (SSSR count). The molecule has 0 aliphatic heterocycles. The van der Waals surface area contributed by atoms with Crippen molar-refractivity contribution in [2.24, 2.45) is 4.99 Å². The molecule has 1 fully saturated rings. The van der Waals surface area contributed by atoms with Gasteiger partial charge in [-0.25, -0.2) is 0 Å². The number of pyridine rings is 1. The second-order valence-corrected chi connectivity index (χ2v) is 5.68. The summed E-state index contributed by atoms with van der Waals surface area (Å²) in [5, 5.41) is 15.3. The summed E-state index contributed by atoms with van der Waals surface area (Å²) in [6.07, 6.45) is 7.92. The molecule has 7 heteroatoms. The summed E-state index contributed by atoms with van der Waals surface area (Å²) < 4.78 is 2.02. The monoisotopic (exact) mass is 428 g/mol. The van der Waals surface area contributed by atoms with Gasteiger partial charge in [-0.15, -0.1) is 34.2 Å². The van der Waals surface area contributed by atoms with Gasteiger partial charge in [0.15, 0.2) is 11.6 Å². The molecule has 1 aliphatic rings. The van der Waals surface area contributed by atoms with Gasteiger partial charge < -0.3 is 10.6 Å². The van der Waals surface area contributed by atoms with E-state index in [1.807, 2.05) is 28.8 Å². The minimum atomic E-state index is 0. The first-order valence-electron chi connectivity index (χ1n) is 8.20. The van der Waals surface area contributed by atoms with Crippen LogP contribution in [0.25, 0.3) is 5.65 Å². The second-order valence-electron chi connectivity index (χ2n) is 5.68. The predicted octanol–water partition coefficient (Wildman–Crippen LogP) is 2.39. The molecule has 126 valence electrons. The van der Waals surface area contributed by atoms with Crippen LogP contribution in [0.5, 0.6) is 0 Å². The molecule has 1 aliphatic carbocycles. The molecule has 0 spiro atoms. The highest BCUT2D eigenvalue weighted by Crippen LogP contribution is 2.17. The Kier molecular flexibility index (Phi) is 7.07. The Morgan fingerprint density at radius 2 is 2.13 bits per heavy atom. The lowest BCUT2D eigenvalue weighted by atomic mass is 10.2. The van der Waals surface area contributed by atoms with Crippen molar-refractivity contribution in [2.75, 3.05) is 13.1 Å². The van der Waals surface area contributed by atoms with Crippen molar-refractivity contribution in [3.8, 4) is 0 Å².